The molecule has 2 aliphatic rings. The fourth-order valence-corrected chi connectivity index (χ4v) is 3.29. The first kappa shape index (κ1) is 16.1. The Kier molecular flexibility index (Phi) is 4.19. The molecule has 0 radical (unpaired) electrons. The fourth-order valence-electron chi connectivity index (χ4n) is 3.29. The number of amides is 2. The summed E-state index contributed by atoms with van der Waals surface area (Å²) in [6.07, 6.45) is 2.98. The van der Waals surface area contributed by atoms with Crippen LogP contribution in [0.5, 0.6) is 0 Å². The largest absolute Gasteiger partial charge is 0.468 e. The lowest BCUT2D eigenvalue weighted by Gasteiger charge is -2.20. The van der Waals surface area contributed by atoms with Crippen LogP contribution in [0.1, 0.15) is 53.7 Å². The van der Waals surface area contributed by atoms with Crippen LogP contribution in [0, 0.1) is 5.41 Å². The maximum atomic E-state index is 12.8. The molecule has 6 heteroatoms. The summed E-state index contributed by atoms with van der Waals surface area (Å²) < 4.78 is 11.2. The van der Waals surface area contributed by atoms with Crippen LogP contribution in [0.3, 0.4) is 0 Å². The molecule has 0 unspecified atom stereocenters. The van der Waals surface area contributed by atoms with Crippen LogP contribution in [0.25, 0.3) is 0 Å². The number of likely N-dealkylation sites (tertiary alicyclic amines) is 1. The normalized spacial score (nSPS) is 23.3. The van der Waals surface area contributed by atoms with E-state index >= 15 is 0 Å². The molecule has 1 N–H and O–H groups in total. The number of rotatable bonds is 3. The molecule has 1 fully saturated rings. The van der Waals surface area contributed by atoms with Crippen LogP contribution in [-0.4, -0.2) is 49.1 Å². The zero-order valence-corrected chi connectivity index (χ0v) is 14.0. The summed E-state index contributed by atoms with van der Waals surface area (Å²) in [6.45, 7) is 8.52. The molecule has 126 valence electrons. The molecule has 3 rings (SSSR count). The molecule has 1 saturated heterocycles. The predicted octanol–water partition coefficient (Wildman–Crippen LogP) is 1.84. The van der Waals surface area contributed by atoms with Crippen LogP contribution < -0.4 is 5.32 Å². The molecule has 23 heavy (non-hydrogen) atoms. The molecule has 2 aliphatic heterocycles. The number of furan rings is 1. The zero-order chi connectivity index (χ0) is 16.6. The van der Waals surface area contributed by atoms with Gasteiger partial charge in [-0.25, -0.2) is 0 Å². The van der Waals surface area contributed by atoms with Gasteiger partial charge < -0.3 is 19.4 Å². The summed E-state index contributed by atoms with van der Waals surface area (Å²) in [6, 6.07) is 0. The van der Waals surface area contributed by atoms with E-state index in [-0.39, 0.29) is 23.3 Å². The highest BCUT2D eigenvalue weighted by molar-refractivity contribution is 6.08. The van der Waals surface area contributed by atoms with Crippen molar-refractivity contribution >= 4 is 11.8 Å². The van der Waals surface area contributed by atoms with Crippen molar-refractivity contribution in [2.45, 2.75) is 39.7 Å². The van der Waals surface area contributed by atoms with Crippen LogP contribution in [0.4, 0.5) is 0 Å². The van der Waals surface area contributed by atoms with Gasteiger partial charge in [-0.3, -0.25) is 9.59 Å². The van der Waals surface area contributed by atoms with Gasteiger partial charge in [-0.1, -0.05) is 13.8 Å². The van der Waals surface area contributed by atoms with Gasteiger partial charge in [0.25, 0.3) is 11.8 Å². The molecule has 0 aliphatic carbocycles. The maximum absolute atomic E-state index is 12.8. The number of nitrogens with zero attached hydrogens (tertiary/aromatic N) is 1. The van der Waals surface area contributed by atoms with E-state index < -0.39 is 0 Å². The van der Waals surface area contributed by atoms with E-state index in [1.165, 1.54) is 6.26 Å². The van der Waals surface area contributed by atoms with Crippen molar-refractivity contribution in [2.75, 3.05) is 26.2 Å². The molecule has 0 bridgehead atoms. The number of fused-ring (bicyclic) bond motifs is 1. The van der Waals surface area contributed by atoms with Crippen LogP contribution in [0.2, 0.25) is 0 Å². The molecule has 1 aromatic rings. The number of carbonyl (C=O) groups excluding carboxylic acids is 2. The van der Waals surface area contributed by atoms with Gasteiger partial charge in [0.1, 0.15) is 12.0 Å². The van der Waals surface area contributed by atoms with Gasteiger partial charge in [0.2, 0.25) is 0 Å². The monoisotopic (exact) mass is 320 g/mol. The van der Waals surface area contributed by atoms with Crippen molar-refractivity contribution in [2.24, 2.45) is 5.41 Å². The molecular weight excluding hydrogens is 296 g/mol. The number of carbonyl (C=O) groups is 2. The molecule has 3 heterocycles. The Balaban J connectivity index is 1.83. The second kappa shape index (κ2) is 6.00. The molecular formula is C17H24N2O4. The number of hydrogen-bond acceptors (Lipinski definition) is 4. The Morgan fingerprint density at radius 2 is 2.30 bits per heavy atom. The van der Waals surface area contributed by atoms with E-state index in [1.54, 1.807) is 4.90 Å². The first-order valence-electron chi connectivity index (χ1n) is 8.21. The van der Waals surface area contributed by atoms with Crippen molar-refractivity contribution in [3.8, 4) is 0 Å². The first-order chi connectivity index (χ1) is 10.9. The third-order valence-electron chi connectivity index (χ3n) is 4.53. The Hall–Kier alpha value is -1.82. The highest BCUT2D eigenvalue weighted by Gasteiger charge is 2.36. The summed E-state index contributed by atoms with van der Waals surface area (Å²) in [5, 5.41) is 2.90. The third kappa shape index (κ3) is 3.13. The number of ether oxygens (including phenoxy) is 1. The van der Waals surface area contributed by atoms with E-state index in [0.717, 1.165) is 6.42 Å². The highest BCUT2D eigenvalue weighted by Crippen LogP contribution is 2.30. The third-order valence-corrected chi connectivity index (χ3v) is 4.53. The van der Waals surface area contributed by atoms with E-state index in [2.05, 4.69) is 19.2 Å². The zero-order valence-electron chi connectivity index (χ0n) is 14.0. The first-order valence-corrected chi connectivity index (χ1v) is 8.21. The van der Waals surface area contributed by atoms with Crippen molar-refractivity contribution < 1.29 is 18.7 Å². The second-order valence-electron chi connectivity index (χ2n) is 7.09. The summed E-state index contributed by atoms with van der Waals surface area (Å²) in [4.78, 5) is 26.9. The lowest BCUT2D eigenvalue weighted by Crippen LogP contribution is -2.34. The summed E-state index contributed by atoms with van der Waals surface area (Å²) in [5.74, 6) is 0.240. The minimum absolute atomic E-state index is 0.0854. The molecule has 0 spiro atoms. The van der Waals surface area contributed by atoms with Crippen LogP contribution >= 0.6 is 0 Å². The van der Waals surface area contributed by atoms with Gasteiger partial charge >= 0.3 is 0 Å². The number of nitrogens with one attached hydrogen (secondary N) is 1. The quantitative estimate of drug-likeness (QED) is 0.922. The topological polar surface area (TPSA) is 71.8 Å². The van der Waals surface area contributed by atoms with Gasteiger partial charge in [0.15, 0.2) is 0 Å². The van der Waals surface area contributed by atoms with Crippen molar-refractivity contribution in [1.82, 2.24) is 10.2 Å². The second-order valence-corrected chi connectivity index (χ2v) is 7.09. The van der Waals surface area contributed by atoms with Crippen LogP contribution in [0.15, 0.2) is 10.7 Å². The van der Waals surface area contributed by atoms with Gasteiger partial charge in [-0.15, -0.1) is 0 Å². The number of hydrogen-bond donors (Lipinski definition) is 1. The van der Waals surface area contributed by atoms with Gasteiger partial charge in [0.05, 0.1) is 17.2 Å². The summed E-state index contributed by atoms with van der Waals surface area (Å²) in [5.41, 5.74) is 0.681. The van der Waals surface area contributed by atoms with Crippen LogP contribution in [-0.2, 0) is 11.2 Å². The maximum Gasteiger partial charge on any atom is 0.258 e. The van der Waals surface area contributed by atoms with Crippen molar-refractivity contribution in [1.29, 1.82) is 0 Å². The summed E-state index contributed by atoms with van der Waals surface area (Å²) >= 11 is 0. The molecule has 1 atom stereocenters. The SMILES string of the molecule is CCO[C@H]1CCN(C(=O)c2coc3c2C(=O)NCC(C)(C)C3)C1. The van der Waals surface area contributed by atoms with E-state index in [0.29, 0.717) is 49.5 Å². The standard InChI is InChI=1S/C17H24N2O4/c1-4-22-11-5-6-19(8-11)16(21)12-9-23-13-7-17(2,3)10-18-15(20)14(12)13/h9,11H,4-8,10H2,1-3H3,(H,18,20)/t11-/m0/s1. The lowest BCUT2D eigenvalue weighted by atomic mass is 9.88. The van der Waals surface area contributed by atoms with E-state index in [1.807, 2.05) is 6.92 Å². The molecule has 2 amide bonds. The minimum Gasteiger partial charge on any atom is -0.468 e. The van der Waals surface area contributed by atoms with Gasteiger partial charge in [0, 0.05) is 32.7 Å². The van der Waals surface area contributed by atoms with Crippen molar-refractivity contribution in [3.05, 3.63) is 23.2 Å². The molecule has 0 saturated carbocycles. The molecule has 6 nitrogen and oxygen atoms in total. The molecule has 0 aromatic carbocycles. The van der Waals surface area contributed by atoms with Gasteiger partial charge in [-0.05, 0) is 18.8 Å². The Morgan fingerprint density at radius 3 is 3.04 bits per heavy atom. The fraction of sp³-hybridized carbons (Fsp3) is 0.647. The lowest BCUT2D eigenvalue weighted by molar-refractivity contribution is 0.0596. The van der Waals surface area contributed by atoms with E-state index in [4.69, 9.17) is 9.15 Å². The Morgan fingerprint density at radius 1 is 1.52 bits per heavy atom. The summed E-state index contributed by atoms with van der Waals surface area (Å²) in [7, 11) is 0. The minimum atomic E-state index is -0.219. The average Bonchev–Trinajstić information content (AvgIpc) is 3.09. The van der Waals surface area contributed by atoms with Gasteiger partial charge in [-0.2, -0.15) is 0 Å². The Labute approximate surface area is 136 Å². The predicted molar refractivity (Wildman–Crippen MR) is 84.5 cm³/mol. The highest BCUT2D eigenvalue weighted by atomic mass is 16.5. The smallest absolute Gasteiger partial charge is 0.258 e. The van der Waals surface area contributed by atoms with Crippen molar-refractivity contribution in [3.63, 3.8) is 0 Å². The molecule has 1 aromatic heterocycles. The average molecular weight is 320 g/mol. The Bertz CT molecular complexity index is 620. The van der Waals surface area contributed by atoms with E-state index in [9.17, 15) is 9.59 Å².